The normalized spacial score (nSPS) is 14.3. The summed E-state index contributed by atoms with van der Waals surface area (Å²) in [6, 6.07) is 2.03. The smallest absolute Gasteiger partial charge is 0.325 e. The molecule has 1 unspecified atom stereocenters. The fourth-order valence-corrected chi connectivity index (χ4v) is 1.90. The lowest BCUT2D eigenvalue weighted by molar-refractivity contribution is -0.149. The second kappa shape index (κ2) is 6.00. The summed E-state index contributed by atoms with van der Waals surface area (Å²) in [6.45, 7) is 8.62. The molecule has 5 heteroatoms. The Morgan fingerprint density at radius 2 is 2.22 bits per heavy atom. The third kappa shape index (κ3) is 3.84. The Kier molecular flexibility index (Phi) is 4.90. The van der Waals surface area contributed by atoms with Crippen LogP contribution in [0.25, 0.3) is 0 Å². The molecule has 0 aliphatic rings. The van der Waals surface area contributed by atoms with Crippen molar-refractivity contribution in [3.8, 4) is 0 Å². The van der Waals surface area contributed by atoms with Crippen LogP contribution >= 0.6 is 0 Å². The monoisotopic (exact) mass is 253 g/mol. The summed E-state index contributed by atoms with van der Waals surface area (Å²) in [5.41, 5.74) is 7.17. The van der Waals surface area contributed by atoms with E-state index in [1.165, 1.54) is 0 Å². The first-order chi connectivity index (χ1) is 8.36. The maximum Gasteiger partial charge on any atom is 0.325 e. The highest BCUT2D eigenvalue weighted by Crippen LogP contribution is 2.13. The first-order valence-corrected chi connectivity index (χ1v) is 6.34. The minimum Gasteiger partial charge on any atom is -0.465 e. The van der Waals surface area contributed by atoms with E-state index in [1.807, 2.05) is 24.6 Å². The number of carbonyl (C=O) groups is 1. The van der Waals surface area contributed by atoms with E-state index in [2.05, 4.69) is 5.10 Å². The highest BCUT2D eigenvalue weighted by atomic mass is 16.5. The average molecular weight is 253 g/mol. The second-order valence-corrected chi connectivity index (χ2v) is 4.89. The van der Waals surface area contributed by atoms with Gasteiger partial charge >= 0.3 is 5.97 Å². The number of nitrogens with zero attached hydrogens (tertiary/aromatic N) is 2. The van der Waals surface area contributed by atoms with Crippen molar-refractivity contribution in [3.05, 3.63) is 17.5 Å². The molecule has 1 rings (SSSR count). The zero-order valence-electron chi connectivity index (χ0n) is 11.7. The molecule has 0 aliphatic carbocycles. The highest BCUT2D eigenvalue weighted by Gasteiger charge is 2.29. The number of aryl methyl sites for hydroxylation is 3. The molecule has 0 aromatic carbocycles. The predicted molar refractivity (Wildman–Crippen MR) is 70.2 cm³/mol. The van der Waals surface area contributed by atoms with Crippen LogP contribution in [-0.2, 0) is 16.1 Å². The number of ether oxygens (including phenoxy) is 1. The molecular formula is C13H23N3O2. The standard InChI is InChI=1S/C13H23N3O2/c1-5-18-12(17)13(4,14)7-6-8-16-11(3)9-10(2)15-16/h9H,5-8,14H2,1-4H3. The Morgan fingerprint density at radius 1 is 1.56 bits per heavy atom. The van der Waals surface area contributed by atoms with Gasteiger partial charge in [-0.25, -0.2) is 0 Å². The van der Waals surface area contributed by atoms with Crippen LogP contribution in [0.15, 0.2) is 6.07 Å². The van der Waals surface area contributed by atoms with Gasteiger partial charge in [0.15, 0.2) is 0 Å². The quantitative estimate of drug-likeness (QED) is 0.781. The van der Waals surface area contributed by atoms with Gasteiger partial charge in [-0.05, 0) is 46.6 Å². The van der Waals surface area contributed by atoms with E-state index in [0.717, 1.165) is 24.4 Å². The Morgan fingerprint density at radius 3 is 2.72 bits per heavy atom. The van der Waals surface area contributed by atoms with Gasteiger partial charge < -0.3 is 10.5 Å². The predicted octanol–water partition coefficient (Wildman–Crippen LogP) is 1.56. The van der Waals surface area contributed by atoms with Crippen molar-refractivity contribution in [1.82, 2.24) is 9.78 Å². The van der Waals surface area contributed by atoms with Crippen LogP contribution in [-0.4, -0.2) is 27.9 Å². The molecule has 1 heterocycles. The van der Waals surface area contributed by atoms with E-state index < -0.39 is 5.54 Å². The van der Waals surface area contributed by atoms with Crippen LogP contribution in [0.4, 0.5) is 0 Å². The summed E-state index contributed by atoms with van der Waals surface area (Å²) in [6.07, 6.45) is 1.39. The number of nitrogens with two attached hydrogens (primary N) is 1. The molecule has 0 saturated heterocycles. The van der Waals surface area contributed by atoms with Crippen molar-refractivity contribution in [2.24, 2.45) is 5.73 Å². The van der Waals surface area contributed by atoms with Gasteiger partial charge in [-0.2, -0.15) is 5.10 Å². The van der Waals surface area contributed by atoms with Crippen molar-refractivity contribution in [2.45, 2.75) is 52.6 Å². The van der Waals surface area contributed by atoms with Crippen LogP contribution in [0.5, 0.6) is 0 Å². The average Bonchev–Trinajstić information content (AvgIpc) is 2.57. The van der Waals surface area contributed by atoms with E-state index in [-0.39, 0.29) is 5.97 Å². The summed E-state index contributed by atoms with van der Waals surface area (Å²) < 4.78 is 6.89. The first-order valence-electron chi connectivity index (χ1n) is 6.34. The number of hydrogen-bond acceptors (Lipinski definition) is 4. The van der Waals surface area contributed by atoms with Crippen molar-refractivity contribution < 1.29 is 9.53 Å². The first kappa shape index (κ1) is 14.7. The number of carbonyl (C=O) groups excluding carboxylic acids is 1. The minimum absolute atomic E-state index is 0.335. The molecule has 1 aromatic heterocycles. The molecule has 0 radical (unpaired) electrons. The van der Waals surface area contributed by atoms with Crippen molar-refractivity contribution in [3.63, 3.8) is 0 Å². The molecule has 102 valence electrons. The summed E-state index contributed by atoms with van der Waals surface area (Å²) in [7, 11) is 0. The molecular weight excluding hydrogens is 230 g/mol. The van der Waals surface area contributed by atoms with Crippen LogP contribution < -0.4 is 5.73 Å². The molecule has 1 atom stereocenters. The van der Waals surface area contributed by atoms with Crippen molar-refractivity contribution >= 4 is 5.97 Å². The molecule has 18 heavy (non-hydrogen) atoms. The zero-order chi connectivity index (χ0) is 13.8. The van der Waals surface area contributed by atoms with Crippen LogP contribution in [0.3, 0.4) is 0 Å². The van der Waals surface area contributed by atoms with Crippen molar-refractivity contribution in [2.75, 3.05) is 6.61 Å². The Hall–Kier alpha value is -1.36. The zero-order valence-corrected chi connectivity index (χ0v) is 11.7. The SMILES string of the molecule is CCOC(=O)C(C)(N)CCCn1nc(C)cc1C. The second-order valence-electron chi connectivity index (χ2n) is 4.89. The van der Waals surface area contributed by atoms with Gasteiger partial charge in [0.05, 0.1) is 12.3 Å². The van der Waals surface area contributed by atoms with Gasteiger partial charge in [0.25, 0.3) is 0 Å². The molecule has 0 aliphatic heterocycles. The van der Waals surface area contributed by atoms with E-state index in [4.69, 9.17) is 10.5 Å². The summed E-state index contributed by atoms with van der Waals surface area (Å²) in [5, 5.41) is 4.37. The summed E-state index contributed by atoms with van der Waals surface area (Å²) in [4.78, 5) is 11.6. The fourth-order valence-electron chi connectivity index (χ4n) is 1.90. The summed E-state index contributed by atoms with van der Waals surface area (Å²) >= 11 is 0. The maximum absolute atomic E-state index is 11.6. The van der Waals surface area contributed by atoms with Crippen LogP contribution in [0.1, 0.15) is 38.1 Å². The van der Waals surface area contributed by atoms with Gasteiger partial charge in [-0.15, -0.1) is 0 Å². The van der Waals surface area contributed by atoms with E-state index >= 15 is 0 Å². The largest absolute Gasteiger partial charge is 0.465 e. The fraction of sp³-hybridized carbons (Fsp3) is 0.692. The van der Waals surface area contributed by atoms with Gasteiger partial charge in [-0.3, -0.25) is 9.48 Å². The lowest BCUT2D eigenvalue weighted by Crippen LogP contribution is -2.46. The van der Waals surface area contributed by atoms with Gasteiger partial charge in [0.2, 0.25) is 0 Å². The maximum atomic E-state index is 11.6. The highest BCUT2D eigenvalue weighted by molar-refractivity contribution is 5.79. The van der Waals surface area contributed by atoms with Crippen LogP contribution in [0, 0.1) is 13.8 Å². The molecule has 0 spiro atoms. The Balaban J connectivity index is 2.46. The molecule has 0 fully saturated rings. The van der Waals surface area contributed by atoms with Crippen molar-refractivity contribution in [1.29, 1.82) is 0 Å². The van der Waals surface area contributed by atoms with E-state index in [0.29, 0.717) is 13.0 Å². The lowest BCUT2D eigenvalue weighted by atomic mass is 9.97. The molecule has 0 bridgehead atoms. The number of esters is 1. The third-order valence-corrected chi connectivity index (χ3v) is 2.91. The third-order valence-electron chi connectivity index (χ3n) is 2.91. The molecule has 1 aromatic rings. The van der Waals surface area contributed by atoms with E-state index in [9.17, 15) is 4.79 Å². The molecule has 0 amide bonds. The summed E-state index contributed by atoms with van der Waals surface area (Å²) in [5.74, 6) is -0.335. The van der Waals surface area contributed by atoms with Gasteiger partial charge in [0, 0.05) is 12.2 Å². The molecule has 2 N–H and O–H groups in total. The number of rotatable bonds is 6. The number of aromatic nitrogens is 2. The Labute approximate surface area is 108 Å². The van der Waals surface area contributed by atoms with Gasteiger partial charge in [-0.1, -0.05) is 0 Å². The van der Waals surface area contributed by atoms with Gasteiger partial charge in [0.1, 0.15) is 5.54 Å². The van der Waals surface area contributed by atoms with E-state index in [1.54, 1.807) is 13.8 Å². The molecule has 5 nitrogen and oxygen atoms in total. The molecule has 0 saturated carbocycles. The Bertz CT molecular complexity index is 410. The lowest BCUT2D eigenvalue weighted by Gasteiger charge is -2.22. The number of hydrogen-bond donors (Lipinski definition) is 1. The topological polar surface area (TPSA) is 70.1 Å². The van der Waals surface area contributed by atoms with Crippen LogP contribution in [0.2, 0.25) is 0 Å². The minimum atomic E-state index is -0.911.